The first kappa shape index (κ1) is 13.3. The molecule has 0 spiro atoms. The predicted molar refractivity (Wildman–Crippen MR) is 71.4 cm³/mol. The molecule has 2 heteroatoms. The zero-order valence-electron chi connectivity index (χ0n) is 11.3. The molecule has 1 saturated carbocycles. The third kappa shape index (κ3) is 2.98. The largest absolute Gasteiger partial charge is 0.294 e. The molecule has 0 aromatic heterocycles. The Balaban J connectivity index is 2.04. The molecule has 1 fully saturated rings. The van der Waals surface area contributed by atoms with Crippen LogP contribution >= 0.6 is 0 Å². The summed E-state index contributed by atoms with van der Waals surface area (Å²) in [5.41, 5.74) is 2.27. The number of Topliss-reactive ketones (excluding diaryl/α,β-unsaturated/α-hetero) is 1. The van der Waals surface area contributed by atoms with Crippen LogP contribution in [-0.2, 0) is 0 Å². The van der Waals surface area contributed by atoms with Crippen molar-refractivity contribution in [2.24, 2.45) is 5.92 Å². The molecular weight excluding hydrogens is 227 g/mol. The number of carbonyl (C=O) groups is 1. The normalized spacial score (nSPS) is 16.2. The lowest BCUT2D eigenvalue weighted by molar-refractivity contribution is 0.0972. The SMILES string of the molecule is Cc1cc(F)cc(C)c1C(=O)CCC1CCCC1. The van der Waals surface area contributed by atoms with Gasteiger partial charge in [-0.25, -0.2) is 4.39 Å². The van der Waals surface area contributed by atoms with E-state index >= 15 is 0 Å². The summed E-state index contributed by atoms with van der Waals surface area (Å²) in [5.74, 6) is 0.657. The topological polar surface area (TPSA) is 17.1 Å². The third-order valence-corrected chi connectivity index (χ3v) is 4.03. The molecule has 0 bridgehead atoms. The summed E-state index contributed by atoms with van der Waals surface area (Å²) in [7, 11) is 0. The molecule has 0 atom stereocenters. The summed E-state index contributed by atoms with van der Waals surface area (Å²) in [6.07, 6.45) is 6.78. The van der Waals surface area contributed by atoms with Crippen LogP contribution in [0.4, 0.5) is 4.39 Å². The van der Waals surface area contributed by atoms with E-state index in [2.05, 4.69) is 0 Å². The van der Waals surface area contributed by atoms with E-state index in [4.69, 9.17) is 0 Å². The molecule has 0 aliphatic heterocycles. The molecule has 1 aliphatic carbocycles. The van der Waals surface area contributed by atoms with E-state index in [0.717, 1.165) is 29.0 Å². The van der Waals surface area contributed by atoms with Crippen LogP contribution in [0.5, 0.6) is 0 Å². The van der Waals surface area contributed by atoms with Crippen molar-refractivity contribution in [1.82, 2.24) is 0 Å². The highest BCUT2D eigenvalue weighted by Gasteiger charge is 2.18. The molecule has 1 aromatic carbocycles. The van der Waals surface area contributed by atoms with Crippen molar-refractivity contribution in [2.75, 3.05) is 0 Å². The van der Waals surface area contributed by atoms with Gasteiger partial charge in [0.05, 0.1) is 0 Å². The average Bonchev–Trinajstić information content (AvgIpc) is 2.77. The Morgan fingerprint density at radius 1 is 1.22 bits per heavy atom. The standard InChI is InChI=1S/C16H21FO/c1-11-9-14(17)10-12(2)16(11)15(18)8-7-13-5-3-4-6-13/h9-10,13H,3-8H2,1-2H3. The van der Waals surface area contributed by atoms with Crippen molar-refractivity contribution < 1.29 is 9.18 Å². The molecule has 18 heavy (non-hydrogen) atoms. The molecule has 0 saturated heterocycles. The minimum atomic E-state index is -0.252. The summed E-state index contributed by atoms with van der Waals surface area (Å²) in [6, 6.07) is 2.91. The zero-order chi connectivity index (χ0) is 13.1. The van der Waals surface area contributed by atoms with E-state index in [-0.39, 0.29) is 11.6 Å². The van der Waals surface area contributed by atoms with Gasteiger partial charge in [-0.2, -0.15) is 0 Å². The second kappa shape index (κ2) is 5.64. The number of benzene rings is 1. The molecular formula is C16H21FO. The Kier molecular flexibility index (Phi) is 4.15. The highest BCUT2D eigenvalue weighted by molar-refractivity contribution is 5.98. The fraction of sp³-hybridized carbons (Fsp3) is 0.562. The summed E-state index contributed by atoms with van der Waals surface area (Å²) < 4.78 is 13.2. The van der Waals surface area contributed by atoms with Crippen molar-refractivity contribution in [2.45, 2.75) is 52.4 Å². The Morgan fingerprint density at radius 2 is 1.78 bits per heavy atom. The molecule has 2 rings (SSSR count). The summed E-state index contributed by atoms with van der Waals surface area (Å²) in [4.78, 5) is 12.2. The van der Waals surface area contributed by atoms with Gasteiger partial charge in [-0.3, -0.25) is 4.79 Å². The Morgan fingerprint density at radius 3 is 2.33 bits per heavy atom. The van der Waals surface area contributed by atoms with Gasteiger partial charge in [-0.05, 0) is 49.4 Å². The fourth-order valence-electron chi connectivity index (χ4n) is 3.11. The number of hydrogen-bond donors (Lipinski definition) is 0. The molecule has 98 valence electrons. The van der Waals surface area contributed by atoms with Crippen LogP contribution in [0.15, 0.2) is 12.1 Å². The van der Waals surface area contributed by atoms with Crippen LogP contribution in [0, 0.1) is 25.6 Å². The average molecular weight is 248 g/mol. The van der Waals surface area contributed by atoms with Crippen LogP contribution in [-0.4, -0.2) is 5.78 Å². The monoisotopic (exact) mass is 248 g/mol. The molecule has 0 N–H and O–H groups in total. The first-order chi connectivity index (χ1) is 8.58. The molecule has 1 nitrogen and oxygen atoms in total. The Bertz CT molecular complexity index is 421. The van der Waals surface area contributed by atoms with E-state index in [1.165, 1.54) is 37.8 Å². The maximum absolute atomic E-state index is 13.2. The lowest BCUT2D eigenvalue weighted by Gasteiger charge is -2.11. The number of hydrogen-bond acceptors (Lipinski definition) is 1. The number of rotatable bonds is 4. The number of carbonyl (C=O) groups excluding carboxylic acids is 1. The lowest BCUT2D eigenvalue weighted by Crippen LogP contribution is -2.07. The maximum atomic E-state index is 13.2. The minimum absolute atomic E-state index is 0.178. The van der Waals surface area contributed by atoms with Crippen molar-refractivity contribution in [3.05, 3.63) is 34.6 Å². The van der Waals surface area contributed by atoms with Gasteiger partial charge >= 0.3 is 0 Å². The lowest BCUT2D eigenvalue weighted by atomic mass is 9.93. The van der Waals surface area contributed by atoms with Crippen LogP contribution in [0.2, 0.25) is 0 Å². The van der Waals surface area contributed by atoms with Crippen molar-refractivity contribution in [3.63, 3.8) is 0 Å². The van der Waals surface area contributed by atoms with Crippen molar-refractivity contribution >= 4 is 5.78 Å². The third-order valence-electron chi connectivity index (χ3n) is 4.03. The molecule has 1 aliphatic rings. The minimum Gasteiger partial charge on any atom is -0.294 e. The van der Waals surface area contributed by atoms with Crippen LogP contribution in [0.1, 0.15) is 60.0 Å². The number of halogens is 1. The van der Waals surface area contributed by atoms with E-state index in [1.54, 1.807) is 0 Å². The molecule has 0 unspecified atom stereocenters. The van der Waals surface area contributed by atoms with Gasteiger partial charge in [0.25, 0.3) is 0 Å². The van der Waals surface area contributed by atoms with Crippen LogP contribution < -0.4 is 0 Å². The van der Waals surface area contributed by atoms with E-state index in [9.17, 15) is 9.18 Å². The highest BCUT2D eigenvalue weighted by Crippen LogP contribution is 2.29. The van der Waals surface area contributed by atoms with Gasteiger partial charge in [-0.1, -0.05) is 25.7 Å². The first-order valence-electron chi connectivity index (χ1n) is 6.88. The summed E-state index contributed by atoms with van der Waals surface area (Å²) in [5, 5.41) is 0. The van der Waals surface area contributed by atoms with Gasteiger partial charge in [0.1, 0.15) is 5.82 Å². The predicted octanol–water partition coefficient (Wildman–Crippen LogP) is 4.60. The zero-order valence-corrected chi connectivity index (χ0v) is 11.3. The second-order valence-electron chi connectivity index (χ2n) is 5.53. The van der Waals surface area contributed by atoms with Gasteiger partial charge in [0, 0.05) is 12.0 Å². The molecule has 1 aromatic rings. The van der Waals surface area contributed by atoms with Crippen molar-refractivity contribution in [1.29, 1.82) is 0 Å². The maximum Gasteiger partial charge on any atom is 0.163 e. The number of ketones is 1. The Labute approximate surface area is 108 Å². The number of aryl methyl sites for hydroxylation is 2. The van der Waals surface area contributed by atoms with Crippen molar-refractivity contribution in [3.8, 4) is 0 Å². The first-order valence-corrected chi connectivity index (χ1v) is 6.88. The van der Waals surface area contributed by atoms with E-state index in [1.807, 2.05) is 13.8 Å². The molecule has 0 amide bonds. The van der Waals surface area contributed by atoms with E-state index < -0.39 is 0 Å². The van der Waals surface area contributed by atoms with Gasteiger partial charge in [0.15, 0.2) is 5.78 Å². The van der Waals surface area contributed by atoms with E-state index in [0.29, 0.717) is 6.42 Å². The Hall–Kier alpha value is -1.18. The molecule has 0 radical (unpaired) electrons. The van der Waals surface area contributed by atoms with Gasteiger partial charge < -0.3 is 0 Å². The fourth-order valence-corrected chi connectivity index (χ4v) is 3.11. The van der Waals surface area contributed by atoms with Crippen LogP contribution in [0.25, 0.3) is 0 Å². The quantitative estimate of drug-likeness (QED) is 0.712. The van der Waals surface area contributed by atoms with Gasteiger partial charge in [0.2, 0.25) is 0 Å². The van der Waals surface area contributed by atoms with Crippen LogP contribution in [0.3, 0.4) is 0 Å². The highest BCUT2D eigenvalue weighted by atomic mass is 19.1. The summed E-state index contributed by atoms with van der Waals surface area (Å²) >= 11 is 0. The van der Waals surface area contributed by atoms with Gasteiger partial charge in [-0.15, -0.1) is 0 Å². The smallest absolute Gasteiger partial charge is 0.163 e. The molecule has 0 heterocycles. The second-order valence-corrected chi connectivity index (χ2v) is 5.53. The summed E-state index contributed by atoms with van der Waals surface area (Å²) in [6.45, 7) is 3.64.